The highest BCUT2D eigenvalue weighted by molar-refractivity contribution is 5.93. The number of anilines is 4. The molecule has 0 spiro atoms. The molecule has 1 aromatic carbocycles. The summed E-state index contributed by atoms with van der Waals surface area (Å²) in [6, 6.07) is 11.3. The summed E-state index contributed by atoms with van der Waals surface area (Å²) >= 11 is 0. The molecule has 8 nitrogen and oxygen atoms in total. The van der Waals surface area contributed by atoms with Crippen molar-refractivity contribution in [1.29, 1.82) is 0 Å². The number of hydrogen-bond donors (Lipinski definition) is 4. The molecule has 0 saturated heterocycles. The van der Waals surface area contributed by atoms with Crippen molar-refractivity contribution >= 4 is 29.2 Å². The Labute approximate surface area is 137 Å². The minimum Gasteiger partial charge on any atom is -0.350 e. The highest BCUT2D eigenvalue weighted by atomic mass is 16.1. The average molecular weight is 321 g/mol. The van der Waals surface area contributed by atoms with E-state index in [1.807, 2.05) is 24.3 Å². The Hall–Kier alpha value is -3.42. The smallest absolute Gasteiger partial charge is 0.269 e. The van der Waals surface area contributed by atoms with Crippen LogP contribution >= 0.6 is 0 Å². The van der Waals surface area contributed by atoms with Crippen LogP contribution in [0.25, 0.3) is 0 Å². The van der Waals surface area contributed by atoms with Crippen LogP contribution in [0.15, 0.2) is 42.6 Å². The van der Waals surface area contributed by atoms with E-state index in [-0.39, 0.29) is 5.91 Å². The normalized spacial score (nSPS) is 13.8. The molecule has 0 saturated carbocycles. The van der Waals surface area contributed by atoms with Gasteiger partial charge in [0.1, 0.15) is 11.5 Å². The molecule has 4 rings (SSSR count). The number of amides is 1. The third-order valence-electron chi connectivity index (χ3n) is 3.62. The molecule has 0 atom stereocenters. The molecule has 8 heteroatoms. The van der Waals surface area contributed by atoms with E-state index in [1.54, 1.807) is 18.3 Å². The number of fused-ring (bicyclic) bond motifs is 6. The Bertz CT molecular complexity index is 889. The lowest BCUT2D eigenvalue weighted by Crippen LogP contribution is -2.26. The van der Waals surface area contributed by atoms with E-state index in [0.29, 0.717) is 29.8 Å². The molecule has 120 valence electrons. The number of nitrogens with one attached hydrogen (secondary N) is 4. The number of aromatic nitrogens is 4. The van der Waals surface area contributed by atoms with Crippen LogP contribution in [0.1, 0.15) is 16.1 Å². The van der Waals surface area contributed by atoms with Gasteiger partial charge in [-0.15, -0.1) is 0 Å². The molecule has 24 heavy (non-hydrogen) atoms. The molecule has 2 aromatic heterocycles. The molecular formula is C16H15N7O. The molecule has 3 aromatic rings. The largest absolute Gasteiger partial charge is 0.350 e. The average Bonchev–Trinajstić information content (AvgIpc) is 3.03. The third-order valence-corrected chi connectivity index (χ3v) is 3.62. The number of benzene rings is 1. The van der Waals surface area contributed by atoms with E-state index in [2.05, 4.69) is 36.1 Å². The fourth-order valence-corrected chi connectivity index (χ4v) is 2.47. The lowest BCUT2D eigenvalue weighted by molar-refractivity contribution is 0.0949. The topological polar surface area (TPSA) is 108 Å². The number of aromatic amines is 1. The molecular weight excluding hydrogens is 306 g/mol. The van der Waals surface area contributed by atoms with Gasteiger partial charge in [-0.25, -0.2) is 4.98 Å². The van der Waals surface area contributed by atoms with E-state index in [1.165, 1.54) is 0 Å². The van der Waals surface area contributed by atoms with Gasteiger partial charge < -0.3 is 16.0 Å². The van der Waals surface area contributed by atoms with Crippen LogP contribution in [0.3, 0.4) is 0 Å². The SMILES string of the molecule is O=C1NCCc2cccc(c2)Nc2nccc(n2)Nc2cc1[nH]n2. The number of nitrogens with zero attached hydrogens (tertiary/aromatic N) is 3. The highest BCUT2D eigenvalue weighted by Crippen LogP contribution is 2.18. The maximum atomic E-state index is 12.1. The number of carbonyl (C=O) groups is 1. The molecule has 0 fully saturated rings. The Morgan fingerprint density at radius 2 is 2.00 bits per heavy atom. The predicted molar refractivity (Wildman–Crippen MR) is 89.7 cm³/mol. The Kier molecular flexibility index (Phi) is 3.54. The molecule has 3 heterocycles. The van der Waals surface area contributed by atoms with Crippen LogP contribution in [-0.2, 0) is 6.42 Å². The van der Waals surface area contributed by atoms with Crippen LogP contribution in [0.2, 0.25) is 0 Å². The summed E-state index contributed by atoms with van der Waals surface area (Å²) in [6.45, 7) is 0.536. The minimum absolute atomic E-state index is 0.192. The van der Waals surface area contributed by atoms with Crippen LogP contribution < -0.4 is 16.0 Å². The zero-order valence-electron chi connectivity index (χ0n) is 12.7. The fourth-order valence-electron chi connectivity index (χ4n) is 2.47. The van der Waals surface area contributed by atoms with Gasteiger partial charge in [0.25, 0.3) is 5.91 Å². The van der Waals surface area contributed by atoms with Gasteiger partial charge in [0.05, 0.1) is 0 Å². The second-order valence-electron chi connectivity index (χ2n) is 5.39. The van der Waals surface area contributed by atoms with Crippen molar-refractivity contribution in [2.75, 3.05) is 17.2 Å². The van der Waals surface area contributed by atoms with Gasteiger partial charge in [0.2, 0.25) is 5.95 Å². The van der Waals surface area contributed by atoms with Crippen LogP contribution in [0.5, 0.6) is 0 Å². The maximum absolute atomic E-state index is 12.1. The standard InChI is InChI=1S/C16H15N7O/c24-15-12-9-14(23-22-12)20-13-5-7-18-16(21-13)19-11-3-1-2-10(8-11)4-6-17-15/h1-3,5,7-9H,4,6H2,(H,17,24)(H3,18,19,20,21,22,23). The van der Waals surface area contributed by atoms with Crippen molar-refractivity contribution < 1.29 is 4.79 Å². The Balaban J connectivity index is 1.71. The molecule has 0 radical (unpaired) electrons. The first-order valence-electron chi connectivity index (χ1n) is 7.56. The summed E-state index contributed by atoms with van der Waals surface area (Å²) < 4.78 is 0. The van der Waals surface area contributed by atoms with Crippen molar-refractivity contribution in [3.8, 4) is 0 Å². The van der Waals surface area contributed by atoms with E-state index in [4.69, 9.17) is 0 Å². The molecule has 4 N–H and O–H groups in total. The van der Waals surface area contributed by atoms with Crippen molar-refractivity contribution in [2.45, 2.75) is 6.42 Å². The summed E-state index contributed by atoms with van der Waals surface area (Å²) in [7, 11) is 0. The summed E-state index contributed by atoms with van der Waals surface area (Å²) in [6.07, 6.45) is 2.38. The first-order chi connectivity index (χ1) is 11.8. The maximum Gasteiger partial charge on any atom is 0.269 e. The molecule has 1 aliphatic heterocycles. The van der Waals surface area contributed by atoms with Gasteiger partial charge in [0, 0.05) is 24.5 Å². The van der Waals surface area contributed by atoms with Gasteiger partial charge in [0.15, 0.2) is 5.82 Å². The van der Waals surface area contributed by atoms with Gasteiger partial charge in [-0.1, -0.05) is 12.1 Å². The first kappa shape index (κ1) is 14.2. The molecule has 1 aliphatic rings. The van der Waals surface area contributed by atoms with E-state index in [9.17, 15) is 4.79 Å². The van der Waals surface area contributed by atoms with E-state index in [0.717, 1.165) is 17.7 Å². The van der Waals surface area contributed by atoms with E-state index >= 15 is 0 Å². The summed E-state index contributed by atoms with van der Waals surface area (Å²) in [5.41, 5.74) is 2.40. The zero-order chi connectivity index (χ0) is 16.4. The van der Waals surface area contributed by atoms with Gasteiger partial charge >= 0.3 is 0 Å². The number of H-pyrrole nitrogens is 1. The lowest BCUT2D eigenvalue weighted by atomic mass is 10.1. The second-order valence-corrected chi connectivity index (χ2v) is 5.39. The quantitative estimate of drug-likeness (QED) is 0.504. The van der Waals surface area contributed by atoms with Crippen molar-refractivity contribution in [3.63, 3.8) is 0 Å². The zero-order valence-corrected chi connectivity index (χ0v) is 12.7. The van der Waals surface area contributed by atoms with Gasteiger partial charge in [-0.2, -0.15) is 10.1 Å². The second kappa shape index (κ2) is 5.99. The molecule has 0 unspecified atom stereocenters. The Morgan fingerprint density at radius 1 is 1.04 bits per heavy atom. The Morgan fingerprint density at radius 3 is 2.96 bits per heavy atom. The van der Waals surface area contributed by atoms with Gasteiger partial charge in [-0.3, -0.25) is 9.89 Å². The van der Waals surface area contributed by atoms with Crippen molar-refractivity contribution in [2.24, 2.45) is 0 Å². The van der Waals surface area contributed by atoms with Gasteiger partial charge in [-0.05, 0) is 30.2 Å². The number of carbonyl (C=O) groups excluding carboxylic acids is 1. The highest BCUT2D eigenvalue weighted by Gasteiger charge is 2.11. The number of hydrogen-bond acceptors (Lipinski definition) is 6. The molecule has 6 bridgehead atoms. The lowest BCUT2D eigenvalue weighted by Gasteiger charge is -2.09. The molecule has 0 aliphatic carbocycles. The van der Waals surface area contributed by atoms with Crippen LogP contribution in [-0.4, -0.2) is 32.6 Å². The van der Waals surface area contributed by atoms with Crippen molar-refractivity contribution in [3.05, 3.63) is 53.9 Å². The number of rotatable bonds is 0. The minimum atomic E-state index is -0.192. The summed E-state index contributed by atoms with van der Waals surface area (Å²) in [5.74, 6) is 1.39. The predicted octanol–water partition coefficient (Wildman–Crippen LogP) is 1.97. The third kappa shape index (κ3) is 3.02. The van der Waals surface area contributed by atoms with E-state index < -0.39 is 0 Å². The van der Waals surface area contributed by atoms with Crippen LogP contribution in [0.4, 0.5) is 23.3 Å². The summed E-state index contributed by atoms with van der Waals surface area (Å²) in [4.78, 5) is 20.8. The fraction of sp³-hybridized carbons (Fsp3) is 0.125. The monoisotopic (exact) mass is 321 g/mol. The molecule has 1 amide bonds. The van der Waals surface area contributed by atoms with Crippen LogP contribution in [0, 0.1) is 0 Å². The van der Waals surface area contributed by atoms with Crippen molar-refractivity contribution in [1.82, 2.24) is 25.5 Å². The summed E-state index contributed by atoms with van der Waals surface area (Å²) in [5, 5.41) is 15.9. The first-order valence-corrected chi connectivity index (χ1v) is 7.56.